The van der Waals surface area contributed by atoms with Crippen LogP contribution in [0.1, 0.15) is 30.6 Å². The van der Waals surface area contributed by atoms with E-state index in [4.69, 9.17) is 10.5 Å². The monoisotopic (exact) mass is 395 g/mol. The third-order valence-corrected chi connectivity index (χ3v) is 4.23. The second kappa shape index (κ2) is 11.2. The zero-order chi connectivity index (χ0) is 20.4. The van der Waals surface area contributed by atoms with Crippen LogP contribution < -0.4 is 16.4 Å². The van der Waals surface area contributed by atoms with Gasteiger partial charge in [0.25, 0.3) is 11.8 Å². The number of rotatable bonds is 9. The molecule has 0 saturated carbocycles. The van der Waals surface area contributed by atoms with Crippen LogP contribution in [0.5, 0.6) is 0 Å². The number of benzene rings is 1. The highest BCUT2D eigenvalue weighted by molar-refractivity contribution is 7.98. The minimum atomic E-state index is -1.20. The maximum Gasteiger partial charge on any atom is 0.329 e. The maximum atomic E-state index is 12.6. The number of hydrogen-bond donors (Lipinski definition) is 3. The van der Waals surface area contributed by atoms with Crippen molar-refractivity contribution >= 4 is 35.6 Å². The molecular formula is C18H25N3O5S. The molecule has 0 aromatic heterocycles. The predicted molar refractivity (Wildman–Crippen MR) is 103 cm³/mol. The fraction of sp³-hybridized carbons (Fsp3) is 0.444. The number of imide groups is 1. The Morgan fingerprint density at radius 1 is 1.15 bits per heavy atom. The number of carbonyl (C=O) groups is 4. The van der Waals surface area contributed by atoms with Crippen molar-refractivity contribution in [1.82, 2.24) is 10.6 Å². The van der Waals surface area contributed by atoms with Crippen LogP contribution in [0.2, 0.25) is 0 Å². The van der Waals surface area contributed by atoms with Crippen molar-refractivity contribution < 1.29 is 23.9 Å². The van der Waals surface area contributed by atoms with Crippen LogP contribution in [-0.2, 0) is 14.3 Å². The summed E-state index contributed by atoms with van der Waals surface area (Å²) in [5.74, 6) is -1.74. The lowest BCUT2D eigenvalue weighted by atomic mass is 10.1. The first-order valence-electron chi connectivity index (χ1n) is 8.41. The second-order valence-corrected chi connectivity index (χ2v) is 7.11. The summed E-state index contributed by atoms with van der Waals surface area (Å²) in [6.45, 7) is 3.33. The van der Waals surface area contributed by atoms with Gasteiger partial charge in [0.05, 0.1) is 0 Å². The molecule has 4 N–H and O–H groups in total. The molecule has 0 aliphatic heterocycles. The topological polar surface area (TPSA) is 128 Å². The first-order chi connectivity index (χ1) is 12.8. The third-order valence-electron chi connectivity index (χ3n) is 3.59. The summed E-state index contributed by atoms with van der Waals surface area (Å²) in [5, 5.41) is 4.55. The van der Waals surface area contributed by atoms with Gasteiger partial charge in [-0.3, -0.25) is 14.9 Å². The molecule has 0 aliphatic rings. The fourth-order valence-corrected chi connectivity index (χ4v) is 2.68. The lowest BCUT2D eigenvalue weighted by Gasteiger charge is -2.23. The van der Waals surface area contributed by atoms with Gasteiger partial charge in [0.1, 0.15) is 6.04 Å². The van der Waals surface area contributed by atoms with Crippen LogP contribution in [0.3, 0.4) is 0 Å². The molecule has 148 valence electrons. The number of carbonyl (C=O) groups excluding carboxylic acids is 4. The van der Waals surface area contributed by atoms with Crippen LogP contribution in [0.25, 0.3) is 0 Å². The Morgan fingerprint density at radius 3 is 2.30 bits per heavy atom. The van der Waals surface area contributed by atoms with E-state index in [9.17, 15) is 19.2 Å². The number of esters is 1. The van der Waals surface area contributed by atoms with Crippen LogP contribution >= 0.6 is 11.8 Å². The van der Waals surface area contributed by atoms with Crippen molar-refractivity contribution in [3.8, 4) is 0 Å². The summed E-state index contributed by atoms with van der Waals surface area (Å²) < 4.78 is 5.29. The summed E-state index contributed by atoms with van der Waals surface area (Å²) in [6, 6.07) is 6.51. The van der Waals surface area contributed by atoms with E-state index in [1.165, 1.54) is 11.8 Å². The molecule has 9 heteroatoms. The van der Waals surface area contributed by atoms with Crippen LogP contribution in [0.4, 0.5) is 4.79 Å². The lowest BCUT2D eigenvalue weighted by molar-refractivity contribution is -0.160. The van der Waals surface area contributed by atoms with E-state index in [0.717, 1.165) is 0 Å². The average Bonchev–Trinajstić information content (AvgIpc) is 2.62. The van der Waals surface area contributed by atoms with Gasteiger partial charge in [0.15, 0.2) is 6.10 Å². The Balaban J connectivity index is 2.87. The molecule has 8 nitrogen and oxygen atoms in total. The third kappa shape index (κ3) is 7.69. The minimum absolute atomic E-state index is 0.334. The Hall–Kier alpha value is -2.55. The molecule has 1 aromatic carbocycles. The number of hydrogen-bond acceptors (Lipinski definition) is 6. The van der Waals surface area contributed by atoms with Gasteiger partial charge in [0.2, 0.25) is 0 Å². The largest absolute Gasteiger partial charge is 0.450 e. The normalized spacial score (nSPS) is 12.7. The molecule has 0 radical (unpaired) electrons. The highest BCUT2D eigenvalue weighted by Crippen LogP contribution is 2.11. The Kier molecular flexibility index (Phi) is 9.35. The summed E-state index contributed by atoms with van der Waals surface area (Å²) in [4.78, 5) is 47.9. The SMILES string of the molecule is CSCC[C@H](NC(=O)c1ccccc1)C(=O)O[C@@H](C(=O)NC(N)=O)C(C)C. The van der Waals surface area contributed by atoms with E-state index in [-0.39, 0.29) is 5.92 Å². The van der Waals surface area contributed by atoms with Crippen molar-refractivity contribution in [1.29, 1.82) is 0 Å². The van der Waals surface area contributed by atoms with E-state index < -0.39 is 36.0 Å². The summed E-state index contributed by atoms with van der Waals surface area (Å²) in [7, 11) is 0. The molecule has 0 saturated heterocycles. The van der Waals surface area contributed by atoms with Crippen molar-refractivity contribution in [2.45, 2.75) is 32.4 Å². The van der Waals surface area contributed by atoms with E-state index in [1.54, 1.807) is 44.2 Å². The molecule has 0 unspecified atom stereocenters. The van der Waals surface area contributed by atoms with Gasteiger partial charge in [0, 0.05) is 5.56 Å². The molecule has 0 bridgehead atoms. The van der Waals surface area contributed by atoms with Crippen LogP contribution in [0.15, 0.2) is 30.3 Å². The van der Waals surface area contributed by atoms with Gasteiger partial charge in [-0.05, 0) is 36.5 Å². The first-order valence-corrected chi connectivity index (χ1v) is 9.81. The summed E-state index contributed by atoms with van der Waals surface area (Å²) in [6.07, 6.45) is 1.01. The van der Waals surface area contributed by atoms with Crippen molar-refractivity contribution in [3.63, 3.8) is 0 Å². The zero-order valence-corrected chi connectivity index (χ0v) is 16.4. The highest BCUT2D eigenvalue weighted by atomic mass is 32.2. The Bertz CT molecular complexity index is 666. The minimum Gasteiger partial charge on any atom is -0.450 e. The van der Waals surface area contributed by atoms with Gasteiger partial charge in [-0.15, -0.1) is 0 Å². The molecular weight excluding hydrogens is 370 g/mol. The number of nitrogens with one attached hydrogen (secondary N) is 2. The van der Waals surface area contributed by atoms with E-state index >= 15 is 0 Å². The highest BCUT2D eigenvalue weighted by Gasteiger charge is 2.31. The van der Waals surface area contributed by atoms with Crippen molar-refractivity contribution in [3.05, 3.63) is 35.9 Å². The maximum absolute atomic E-state index is 12.6. The lowest BCUT2D eigenvalue weighted by Crippen LogP contribution is -2.49. The van der Waals surface area contributed by atoms with Gasteiger partial charge in [-0.25, -0.2) is 9.59 Å². The van der Waals surface area contributed by atoms with E-state index in [2.05, 4.69) is 5.32 Å². The summed E-state index contributed by atoms with van der Waals surface area (Å²) in [5.41, 5.74) is 5.36. The standard InChI is InChI=1S/C18H25N3O5S/c1-11(2)14(16(23)21-18(19)25)26-17(24)13(9-10-27-3)20-15(22)12-7-5-4-6-8-12/h4-8,11,13-14H,9-10H2,1-3H3,(H,20,22)(H3,19,21,23,25)/t13-,14+/m0/s1. The van der Waals surface area contributed by atoms with Crippen LogP contribution in [-0.4, -0.2) is 48.0 Å². The number of ether oxygens (including phenoxy) is 1. The average molecular weight is 395 g/mol. The van der Waals surface area contributed by atoms with Crippen LogP contribution in [0, 0.1) is 5.92 Å². The van der Waals surface area contributed by atoms with Gasteiger partial charge in [-0.2, -0.15) is 11.8 Å². The number of primary amides is 1. The number of urea groups is 1. The molecule has 0 aliphatic carbocycles. The van der Waals surface area contributed by atoms with Gasteiger partial charge in [-0.1, -0.05) is 32.0 Å². The molecule has 1 aromatic rings. The Morgan fingerprint density at radius 2 is 1.78 bits per heavy atom. The van der Waals surface area contributed by atoms with E-state index in [0.29, 0.717) is 17.7 Å². The predicted octanol–water partition coefficient (Wildman–Crippen LogP) is 1.30. The molecule has 27 heavy (non-hydrogen) atoms. The second-order valence-electron chi connectivity index (χ2n) is 6.13. The quantitative estimate of drug-likeness (QED) is 0.541. The molecule has 0 spiro atoms. The molecule has 0 fully saturated rings. The van der Waals surface area contributed by atoms with E-state index in [1.807, 2.05) is 11.6 Å². The number of thioether (sulfide) groups is 1. The fourth-order valence-electron chi connectivity index (χ4n) is 2.21. The zero-order valence-electron chi connectivity index (χ0n) is 15.6. The molecule has 1 rings (SSSR count). The smallest absolute Gasteiger partial charge is 0.329 e. The van der Waals surface area contributed by atoms with Crippen molar-refractivity contribution in [2.75, 3.05) is 12.0 Å². The number of amides is 4. The molecule has 4 amide bonds. The van der Waals surface area contributed by atoms with Gasteiger partial charge < -0.3 is 15.8 Å². The Labute approximate surface area is 162 Å². The van der Waals surface area contributed by atoms with Gasteiger partial charge >= 0.3 is 12.0 Å². The summed E-state index contributed by atoms with van der Waals surface area (Å²) >= 11 is 1.51. The first kappa shape index (κ1) is 22.5. The molecule has 2 atom stereocenters. The number of nitrogens with two attached hydrogens (primary N) is 1. The van der Waals surface area contributed by atoms with Crippen molar-refractivity contribution in [2.24, 2.45) is 11.7 Å². The molecule has 0 heterocycles.